The van der Waals surface area contributed by atoms with Gasteiger partial charge in [0.25, 0.3) is 11.8 Å². The number of aliphatic carboxylic acids is 1. The molecule has 0 unspecified atom stereocenters. The Morgan fingerprint density at radius 1 is 1.23 bits per heavy atom. The summed E-state index contributed by atoms with van der Waals surface area (Å²) in [6.07, 6.45) is -0.138. The number of nitrogens with one attached hydrogen (secondary N) is 2. The first-order valence-corrected chi connectivity index (χ1v) is 9.74. The van der Waals surface area contributed by atoms with Crippen LogP contribution in [0.2, 0.25) is 0 Å². The lowest BCUT2D eigenvalue weighted by molar-refractivity contribution is -0.136. The quantitative estimate of drug-likeness (QED) is 0.235. The van der Waals surface area contributed by atoms with Crippen LogP contribution in [-0.4, -0.2) is 90.7 Å². The third kappa shape index (κ3) is 4.78. The van der Waals surface area contributed by atoms with E-state index in [1.165, 1.54) is 0 Å². The maximum atomic E-state index is 12.4. The Labute approximate surface area is 167 Å². The van der Waals surface area contributed by atoms with Crippen molar-refractivity contribution < 1.29 is 41.5 Å². The Hall–Kier alpha value is -3.38. The standard InChI is InChI=1S/C12H16N8O9S/c21-9(5-19-8(3-10(22)23)13-16-17-19)14-15-11(24)7-2-1-6-4-18(7)12(25)20(6)29-30(26,27)28/h6-7H,1-5H2,(H,14,21)(H,15,24)(H,22,23)(H,26,27,28)/t6-,7+/m1/s1. The van der Waals surface area contributed by atoms with Gasteiger partial charge in [-0.1, -0.05) is 0 Å². The van der Waals surface area contributed by atoms with Crippen molar-refractivity contribution in [1.82, 2.24) is 41.0 Å². The van der Waals surface area contributed by atoms with Crippen LogP contribution in [0.4, 0.5) is 4.79 Å². The van der Waals surface area contributed by atoms with Crippen LogP contribution in [0.3, 0.4) is 0 Å². The first-order chi connectivity index (χ1) is 14.0. The Morgan fingerprint density at radius 3 is 2.63 bits per heavy atom. The van der Waals surface area contributed by atoms with Gasteiger partial charge in [0.15, 0.2) is 5.82 Å². The van der Waals surface area contributed by atoms with Gasteiger partial charge in [0.1, 0.15) is 19.0 Å². The number of carboxylic acid groups (broad SMARTS) is 1. The van der Waals surface area contributed by atoms with E-state index in [2.05, 4.69) is 30.7 Å². The summed E-state index contributed by atoms with van der Waals surface area (Å²) in [6, 6.07) is -2.60. The molecule has 2 saturated heterocycles. The lowest BCUT2D eigenvalue weighted by atomic mass is 10.0. The Kier molecular flexibility index (Phi) is 5.80. The number of rotatable bonds is 7. The molecule has 0 aliphatic carbocycles. The second kappa shape index (κ2) is 8.16. The number of fused-ring (bicyclic) bond motifs is 2. The van der Waals surface area contributed by atoms with Crippen LogP contribution in [0.1, 0.15) is 18.7 Å². The Morgan fingerprint density at radius 2 is 1.97 bits per heavy atom. The zero-order valence-electron chi connectivity index (χ0n) is 15.0. The summed E-state index contributed by atoms with van der Waals surface area (Å²) in [5.41, 5.74) is 4.23. The smallest absolute Gasteiger partial charge is 0.418 e. The van der Waals surface area contributed by atoms with Crippen molar-refractivity contribution in [3.63, 3.8) is 0 Å². The number of amides is 4. The van der Waals surface area contributed by atoms with E-state index in [0.29, 0.717) is 5.06 Å². The number of tetrazole rings is 1. The van der Waals surface area contributed by atoms with Crippen LogP contribution in [0, 0.1) is 0 Å². The molecular weight excluding hydrogens is 432 g/mol. The summed E-state index contributed by atoms with van der Waals surface area (Å²) in [5, 5.41) is 19.5. The molecule has 18 heteroatoms. The highest BCUT2D eigenvalue weighted by Crippen LogP contribution is 2.30. The lowest BCUT2D eigenvalue weighted by Crippen LogP contribution is -2.54. The highest BCUT2D eigenvalue weighted by atomic mass is 32.3. The molecule has 0 spiro atoms. The number of aromatic nitrogens is 4. The monoisotopic (exact) mass is 448 g/mol. The van der Waals surface area contributed by atoms with E-state index in [9.17, 15) is 27.6 Å². The molecule has 2 aliphatic rings. The summed E-state index contributed by atoms with van der Waals surface area (Å²) in [5.74, 6) is -2.77. The molecule has 30 heavy (non-hydrogen) atoms. The Balaban J connectivity index is 1.54. The molecule has 4 N–H and O–H groups in total. The minimum Gasteiger partial charge on any atom is -0.481 e. The summed E-state index contributed by atoms with van der Waals surface area (Å²) < 4.78 is 35.7. The number of hydrogen-bond donors (Lipinski definition) is 4. The maximum absolute atomic E-state index is 12.4. The summed E-state index contributed by atoms with van der Waals surface area (Å²) in [6.45, 7) is -0.481. The molecule has 1 aromatic rings. The fraction of sp³-hybridized carbons (Fsp3) is 0.583. The van der Waals surface area contributed by atoms with Gasteiger partial charge in [-0.25, -0.2) is 9.48 Å². The van der Waals surface area contributed by atoms with Gasteiger partial charge >= 0.3 is 22.4 Å². The van der Waals surface area contributed by atoms with Crippen molar-refractivity contribution in [3.05, 3.63) is 5.82 Å². The number of hydrogen-bond acceptors (Lipinski definition) is 10. The minimum atomic E-state index is -4.91. The molecule has 1 aromatic heterocycles. The highest BCUT2D eigenvalue weighted by molar-refractivity contribution is 7.80. The van der Waals surface area contributed by atoms with E-state index >= 15 is 0 Å². The molecule has 0 aromatic carbocycles. The van der Waals surface area contributed by atoms with Crippen molar-refractivity contribution in [2.45, 2.75) is 37.9 Å². The molecule has 3 rings (SSSR count). The van der Waals surface area contributed by atoms with E-state index in [-0.39, 0.29) is 25.2 Å². The van der Waals surface area contributed by atoms with Crippen LogP contribution in [0.25, 0.3) is 0 Å². The van der Waals surface area contributed by atoms with Crippen molar-refractivity contribution in [1.29, 1.82) is 0 Å². The van der Waals surface area contributed by atoms with Crippen LogP contribution >= 0.6 is 0 Å². The molecule has 0 radical (unpaired) electrons. The molecule has 3 heterocycles. The molecule has 2 atom stereocenters. The molecule has 4 amide bonds. The van der Waals surface area contributed by atoms with Gasteiger partial charge in [-0.2, -0.15) is 13.5 Å². The fourth-order valence-corrected chi connectivity index (χ4v) is 3.49. The van der Waals surface area contributed by atoms with Gasteiger partial charge < -0.3 is 10.0 Å². The zero-order chi connectivity index (χ0) is 22.1. The van der Waals surface area contributed by atoms with Gasteiger partial charge in [-0.15, -0.1) is 9.38 Å². The number of piperidine rings is 1. The highest BCUT2D eigenvalue weighted by Gasteiger charge is 2.49. The van der Waals surface area contributed by atoms with Gasteiger partial charge in [0, 0.05) is 6.54 Å². The van der Waals surface area contributed by atoms with Gasteiger partial charge in [0.05, 0.1) is 6.04 Å². The third-order valence-corrected chi connectivity index (χ3v) is 4.68. The van der Waals surface area contributed by atoms with Gasteiger partial charge in [0.2, 0.25) is 0 Å². The molecule has 2 aliphatic heterocycles. The van der Waals surface area contributed by atoms with Crippen LogP contribution in [0.15, 0.2) is 0 Å². The number of hydroxylamine groups is 2. The number of carbonyl (C=O) groups excluding carboxylic acids is 3. The average molecular weight is 448 g/mol. The Bertz CT molecular complexity index is 978. The van der Waals surface area contributed by atoms with Crippen LogP contribution in [0.5, 0.6) is 0 Å². The van der Waals surface area contributed by atoms with E-state index in [1.54, 1.807) is 0 Å². The number of hydrazine groups is 1. The van der Waals surface area contributed by atoms with Crippen molar-refractivity contribution >= 4 is 34.2 Å². The summed E-state index contributed by atoms with van der Waals surface area (Å²) in [7, 11) is -4.91. The SMILES string of the molecule is O=C(O)Cc1nnnn1CC(=O)NNC(=O)[C@@H]1CC[C@@H]2CN1C(=O)N2OS(=O)(=O)O. The van der Waals surface area contributed by atoms with Gasteiger partial charge in [-0.05, 0) is 23.3 Å². The van der Waals surface area contributed by atoms with Crippen molar-refractivity contribution in [2.75, 3.05) is 6.54 Å². The molecule has 0 saturated carbocycles. The van der Waals surface area contributed by atoms with Gasteiger partial charge in [-0.3, -0.25) is 29.8 Å². The van der Waals surface area contributed by atoms with E-state index in [4.69, 9.17) is 9.66 Å². The zero-order valence-corrected chi connectivity index (χ0v) is 15.9. The molecule has 2 bridgehead atoms. The van der Waals surface area contributed by atoms with E-state index in [0.717, 1.165) is 9.58 Å². The lowest BCUT2D eigenvalue weighted by Gasteiger charge is -2.29. The number of urea groups is 1. The van der Waals surface area contributed by atoms with E-state index in [1.807, 2.05) is 0 Å². The predicted octanol–water partition coefficient (Wildman–Crippen LogP) is -3.55. The van der Waals surface area contributed by atoms with Crippen LogP contribution < -0.4 is 10.9 Å². The van der Waals surface area contributed by atoms with Crippen molar-refractivity contribution in [2.24, 2.45) is 0 Å². The first-order valence-electron chi connectivity index (χ1n) is 8.37. The number of carbonyl (C=O) groups is 4. The molecular formula is C12H16N8O9S. The second-order valence-electron chi connectivity index (χ2n) is 6.37. The minimum absolute atomic E-state index is 0.0104. The predicted molar refractivity (Wildman–Crippen MR) is 88.8 cm³/mol. The van der Waals surface area contributed by atoms with E-state index < -0.39 is 59.3 Å². The molecule has 2 fully saturated rings. The van der Waals surface area contributed by atoms with Crippen molar-refractivity contribution in [3.8, 4) is 0 Å². The average Bonchev–Trinajstić information content (AvgIpc) is 3.16. The molecule has 17 nitrogen and oxygen atoms in total. The number of nitrogens with zero attached hydrogens (tertiary/aromatic N) is 6. The fourth-order valence-electron chi connectivity index (χ4n) is 3.10. The third-order valence-electron chi connectivity index (χ3n) is 4.33. The summed E-state index contributed by atoms with van der Waals surface area (Å²) in [4.78, 5) is 48.4. The number of carboxylic acids is 1. The topological polar surface area (TPSA) is 226 Å². The maximum Gasteiger partial charge on any atom is 0.418 e. The largest absolute Gasteiger partial charge is 0.481 e. The second-order valence-corrected chi connectivity index (χ2v) is 7.38. The normalized spacial score (nSPS) is 20.9. The summed E-state index contributed by atoms with van der Waals surface area (Å²) >= 11 is 0. The first kappa shape index (κ1) is 21.3. The molecule has 164 valence electrons. The van der Waals surface area contributed by atoms with Crippen LogP contribution in [-0.2, 0) is 42.0 Å².